The lowest BCUT2D eigenvalue weighted by molar-refractivity contribution is 0.673. The van der Waals surface area contributed by atoms with Crippen molar-refractivity contribution in [3.8, 4) is 67.3 Å². The van der Waals surface area contributed by atoms with E-state index in [-0.39, 0.29) is 0 Å². The largest absolute Gasteiger partial charge is 0.455 e. The quantitative estimate of drug-likeness (QED) is 0.171. The Balaban J connectivity index is 0.985. The van der Waals surface area contributed by atoms with Crippen LogP contribution in [0.1, 0.15) is 0 Å². The van der Waals surface area contributed by atoms with E-state index in [4.69, 9.17) is 14.4 Å². The highest BCUT2D eigenvalue weighted by Gasteiger charge is 2.17. The molecule has 0 bridgehead atoms. The zero-order valence-corrected chi connectivity index (χ0v) is 30.9. The predicted molar refractivity (Wildman–Crippen MR) is 237 cm³/mol. The van der Waals surface area contributed by atoms with Crippen LogP contribution >= 0.6 is 0 Å². The lowest BCUT2D eigenvalue weighted by Crippen LogP contribution is -1.96. The molecule has 0 saturated carbocycles. The van der Waals surface area contributed by atoms with E-state index in [0.717, 1.165) is 66.5 Å². The first-order valence-corrected chi connectivity index (χ1v) is 19.3. The Bertz CT molecular complexity index is 3270. The number of hydrogen-bond acceptors (Lipinski definition) is 3. The van der Waals surface area contributed by atoms with Crippen molar-refractivity contribution < 1.29 is 4.42 Å². The lowest BCUT2D eigenvalue weighted by Gasteiger charge is -2.11. The van der Waals surface area contributed by atoms with Crippen LogP contribution in [0.4, 0.5) is 0 Å². The van der Waals surface area contributed by atoms with Crippen molar-refractivity contribution >= 4 is 43.5 Å². The Kier molecular flexibility index (Phi) is 7.82. The first kappa shape index (κ1) is 32.8. The van der Waals surface area contributed by atoms with Crippen molar-refractivity contribution in [1.29, 1.82) is 0 Å². The maximum atomic E-state index is 6.69. The van der Waals surface area contributed by atoms with Crippen LogP contribution in [-0.4, -0.2) is 9.97 Å². The van der Waals surface area contributed by atoms with E-state index in [0.29, 0.717) is 5.82 Å². The summed E-state index contributed by atoms with van der Waals surface area (Å²) in [4.78, 5) is 10.3. The molecule has 3 heteroatoms. The van der Waals surface area contributed by atoms with E-state index in [1.54, 1.807) is 0 Å². The fraction of sp³-hybridized carbons (Fsp3) is 0. The van der Waals surface area contributed by atoms with Crippen LogP contribution in [-0.2, 0) is 0 Å². The van der Waals surface area contributed by atoms with Crippen LogP contribution in [0.25, 0.3) is 111 Å². The van der Waals surface area contributed by atoms with Gasteiger partial charge < -0.3 is 4.42 Å². The van der Waals surface area contributed by atoms with Crippen molar-refractivity contribution in [2.45, 2.75) is 0 Å². The van der Waals surface area contributed by atoms with Crippen molar-refractivity contribution in [2.24, 2.45) is 0 Å². The monoisotopic (exact) mass is 726 g/mol. The molecule has 0 spiro atoms. The molecule has 0 radical (unpaired) electrons. The van der Waals surface area contributed by atoms with Gasteiger partial charge >= 0.3 is 0 Å². The zero-order chi connectivity index (χ0) is 37.7. The van der Waals surface area contributed by atoms with E-state index in [1.807, 2.05) is 6.07 Å². The Morgan fingerprint density at radius 3 is 1.65 bits per heavy atom. The SMILES string of the molecule is c1ccc(-c2cc(-c3ccc(-c4ccc5ccccc5c4)cc3)nc(-c3cccc(-c4ccc5c(c4)oc4c6ccccc6c(-c6ccccc6)cc54)c3)n2)cc1. The number of nitrogens with zero attached hydrogens (tertiary/aromatic N) is 2. The minimum absolute atomic E-state index is 0.677. The van der Waals surface area contributed by atoms with Gasteiger partial charge in [-0.15, -0.1) is 0 Å². The van der Waals surface area contributed by atoms with Crippen LogP contribution < -0.4 is 0 Å². The van der Waals surface area contributed by atoms with Gasteiger partial charge in [0.2, 0.25) is 0 Å². The molecule has 266 valence electrons. The molecule has 0 amide bonds. The molecule has 2 heterocycles. The van der Waals surface area contributed by atoms with Gasteiger partial charge in [0.05, 0.1) is 11.4 Å². The van der Waals surface area contributed by atoms with Crippen molar-refractivity contribution in [3.05, 3.63) is 206 Å². The summed E-state index contributed by atoms with van der Waals surface area (Å²) < 4.78 is 6.69. The molecule has 11 aromatic rings. The molecular weight excluding hydrogens is 693 g/mol. The van der Waals surface area contributed by atoms with Gasteiger partial charge in [-0.2, -0.15) is 0 Å². The average molecular weight is 727 g/mol. The third kappa shape index (κ3) is 5.94. The second kappa shape index (κ2) is 13.6. The highest BCUT2D eigenvalue weighted by atomic mass is 16.3. The first-order valence-electron chi connectivity index (χ1n) is 19.3. The number of benzene rings is 9. The fourth-order valence-electron chi connectivity index (χ4n) is 8.16. The number of rotatable bonds is 6. The molecule has 0 atom stereocenters. The van der Waals surface area contributed by atoms with Crippen LogP contribution in [0, 0.1) is 0 Å². The standard InChI is InChI=1S/C54H34N2O/c1-3-13-37(14-4-1)48-33-49-46-29-28-43(32-52(46)57-53(49)47-21-10-9-20-45(47)48)41-18-11-19-44(31-41)54-55-50(38-15-5-2-6-16-38)34-51(56-54)39-25-22-36(23-26-39)42-27-24-35-12-7-8-17-40(35)30-42/h1-34H. The summed E-state index contributed by atoms with van der Waals surface area (Å²) in [6.45, 7) is 0. The second-order valence-corrected chi connectivity index (χ2v) is 14.6. The molecule has 3 nitrogen and oxygen atoms in total. The smallest absolute Gasteiger partial charge is 0.160 e. The summed E-state index contributed by atoms with van der Waals surface area (Å²) in [5, 5.41) is 6.99. The van der Waals surface area contributed by atoms with Gasteiger partial charge in [0.25, 0.3) is 0 Å². The zero-order valence-electron chi connectivity index (χ0n) is 30.9. The number of fused-ring (bicyclic) bond motifs is 6. The Morgan fingerprint density at radius 2 is 0.860 bits per heavy atom. The van der Waals surface area contributed by atoms with Crippen LogP contribution in [0.3, 0.4) is 0 Å². The van der Waals surface area contributed by atoms with Crippen molar-refractivity contribution in [1.82, 2.24) is 9.97 Å². The third-order valence-corrected chi connectivity index (χ3v) is 11.1. The molecule has 0 aliphatic carbocycles. The minimum atomic E-state index is 0.677. The molecule has 9 aromatic carbocycles. The first-order chi connectivity index (χ1) is 28.2. The van der Waals surface area contributed by atoms with Crippen LogP contribution in [0.15, 0.2) is 211 Å². The summed E-state index contributed by atoms with van der Waals surface area (Å²) >= 11 is 0. The normalized spacial score (nSPS) is 11.5. The van der Waals surface area contributed by atoms with Gasteiger partial charge in [-0.25, -0.2) is 9.97 Å². The Morgan fingerprint density at radius 1 is 0.298 bits per heavy atom. The fourth-order valence-corrected chi connectivity index (χ4v) is 8.16. The molecule has 0 aliphatic rings. The van der Waals surface area contributed by atoms with E-state index < -0.39 is 0 Å². The molecule has 0 fully saturated rings. The third-order valence-electron chi connectivity index (χ3n) is 11.1. The van der Waals surface area contributed by atoms with Crippen LogP contribution in [0.2, 0.25) is 0 Å². The lowest BCUT2D eigenvalue weighted by atomic mass is 9.95. The van der Waals surface area contributed by atoms with Gasteiger partial charge in [-0.3, -0.25) is 0 Å². The maximum absolute atomic E-state index is 6.69. The van der Waals surface area contributed by atoms with Gasteiger partial charge in [0, 0.05) is 32.8 Å². The Hall–Kier alpha value is -7.62. The van der Waals surface area contributed by atoms with E-state index in [2.05, 4.69) is 200 Å². The molecule has 11 rings (SSSR count). The van der Waals surface area contributed by atoms with Gasteiger partial charge in [0.15, 0.2) is 5.82 Å². The van der Waals surface area contributed by atoms with E-state index in [9.17, 15) is 0 Å². The van der Waals surface area contributed by atoms with E-state index in [1.165, 1.54) is 38.4 Å². The summed E-state index contributed by atoms with van der Waals surface area (Å²) in [7, 11) is 0. The van der Waals surface area contributed by atoms with Crippen LogP contribution in [0.5, 0.6) is 0 Å². The molecule has 0 N–H and O–H groups in total. The average Bonchev–Trinajstić information content (AvgIpc) is 3.67. The summed E-state index contributed by atoms with van der Waals surface area (Å²) in [6.07, 6.45) is 0. The molecular formula is C54H34N2O. The topological polar surface area (TPSA) is 38.9 Å². The molecule has 0 aliphatic heterocycles. The number of hydrogen-bond donors (Lipinski definition) is 0. The predicted octanol–water partition coefficient (Wildman–Crippen LogP) is 14.7. The van der Waals surface area contributed by atoms with Gasteiger partial charge in [-0.1, -0.05) is 170 Å². The maximum Gasteiger partial charge on any atom is 0.160 e. The van der Waals surface area contributed by atoms with Gasteiger partial charge in [-0.05, 0) is 85.9 Å². The highest BCUT2D eigenvalue weighted by molar-refractivity contribution is 6.19. The molecule has 0 unspecified atom stereocenters. The van der Waals surface area contributed by atoms with E-state index >= 15 is 0 Å². The summed E-state index contributed by atoms with van der Waals surface area (Å²) in [5.74, 6) is 0.677. The number of furan rings is 1. The second-order valence-electron chi connectivity index (χ2n) is 14.6. The highest BCUT2D eigenvalue weighted by Crippen LogP contribution is 2.41. The Labute approximate surface area is 330 Å². The van der Waals surface area contributed by atoms with Crippen molar-refractivity contribution in [2.75, 3.05) is 0 Å². The summed E-state index contributed by atoms with van der Waals surface area (Å²) in [6, 6.07) is 72.7. The molecule has 2 aromatic heterocycles. The summed E-state index contributed by atoms with van der Waals surface area (Å²) in [5.41, 5.74) is 13.5. The number of aromatic nitrogens is 2. The minimum Gasteiger partial charge on any atom is -0.455 e. The van der Waals surface area contributed by atoms with Gasteiger partial charge in [0.1, 0.15) is 11.2 Å². The van der Waals surface area contributed by atoms with Crippen molar-refractivity contribution in [3.63, 3.8) is 0 Å². The molecule has 0 saturated heterocycles. The molecule has 57 heavy (non-hydrogen) atoms.